The first-order valence-corrected chi connectivity index (χ1v) is 8.00. The Morgan fingerprint density at radius 1 is 1.04 bits per heavy atom. The van der Waals surface area contributed by atoms with E-state index < -0.39 is 6.04 Å². The van der Waals surface area contributed by atoms with E-state index in [2.05, 4.69) is 25.9 Å². The Morgan fingerprint density at radius 3 is 2.23 bits per heavy atom. The monoisotopic (exact) mass is 350 g/mol. The molecule has 0 aliphatic carbocycles. The van der Waals surface area contributed by atoms with Crippen LogP contribution in [0.5, 0.6) is 0 Å². The molecule has 3 rings (SSSR count). The molecule has 0 saturated carbocycles. The Hall–Kier alpha value is -3.68. The summed E-state index contributed by atoms with van der Waals surface area (Å²) in [5, 5.41) is 8.12. The Labute approximate surface area is 150 Å². The second kappa shape index (κ2) is 7.93. The number of aliphatic imine (C=N–C) groups is 2. The summed E-state index contributed by atoms with van der Waals surface area (Å²) >= 11 is 0. The van der Waals surface area contributed by atoms with Crippen LogP contribution >= 0.6 is 0 Å². The Bertz CT molecular complexity index is 848. The minimum atomic E-state index is -0.831. The first-order chi connectivity index (χ1) is 12.6. The van der Waals surface area contributed by atoms with Crippen LogP contribution in [0, 0.1) is 0 Å². The van der Waals surface area contributed by atoms with Gasteiger partial charge in [0.15, 0.2) is 0 Å². The van der Waals surface area contributed by atoms with Crippen molar-refractivity contribution in [1.82, 2.24) is 5.32 Å². The summed E-state index contributed by atoms with van der Waals surface area (Å²) in [6, 6.07) is 17.4. The van der Waals surface area contributed by atoms with E-state index >= 15 is 0 Å². The van der Waals surface area contributed by atoms with E-state index in [0.717, 1.165) is 5.69 Å². The van der Waals surface area contributed by atoms with E-state index in [1.807, 2.05) is 48.5 Å². The molecule has 0 radical (unpaired) electrons. The number of benzene rings is 2. The van der Waals surface area contributed by atoms with Crippen molar-refractivity contribution >= 4 is 35.1 Å². The van der Waals surface area contributed by atoms with Gasteiger partial charge in [-0.05, 0) is 24.3 Å². The number of nitrogens with one attached hydrogen (secondary N) is 3. The number of amides is 2. The molecule has 1 heterocycles. The second-order valence-electron chi connectivity index (χ2n) is 5.56. The van der Waals surface area contributed by atoms with Crippen LogP contribution in [0.15, 0.2) is 70.6 Å². The number of rotatable bonds is 4. The number of carbonyl (C=O) groups is 2. The first kappa shape index (κ1) is 17.2. The number of nitrogens with zero attached hydrogens (tertiary/aromatic N) is 2. The number of para-hydroxylation sites is 2. The van der Waals surface area contributed by atoms with Crippen molar-refractivity contribution in [2.75, 3.05) is 10.6 Å². The number of carbonyl (C=O) groups excluding carboxylic acids is 2. The quantitative estimate of drug-likeness (QED) is 0.490. The van der Waals surface area contributed by atoms with Gasteiger partial charge in [0, 0.05) is 11.4 Å². The van der Waals surface area contributed by atoms with E-state index in [-0.39, 0.29) is 30.2 Å². The van der Waals surface area contributed by atoms with E-state index in [9.17, 15) is 9.59 Å². The smallest absolute Gasteiger partial charge is 0.252 e. The molecule has 1 atom stereocenters. The van der Waals surface area contributed by atoms with Crippen molar-refractivity contribution in [1.29, 1.82) is 0 Å². The lowest BCUT2D eigenvalue weighted by atomic mass is 10.2. The van der Waals surface area contributed by atoms with Gasteiger partial charge in [0.1, 0.15) is 6.04 Å². The van der Waals surface area contributed by atoms with Gasteiger partial charge in [-0.15, -0.1) is 0 Å². The third-order valence-corrected chi connectivity index (χ3v) is 3.52. The fourth-order valence-corrected chi connectivity index (χ4v) is 2.35. The van der Waals surface area contributed by atoms with Gasteiger partial charge in [0.05, 0.1) is 6.42 Å². The lowest BCUT2D eigenvalue weighted by molar-refractivity contribution is -0.123. The highest BCUT2D eigenvalue weighted by atomic mass is 16.2. The molecule has 2 amide bonds. The van der Waals surface area contributed by atoms with Crippen LogP contribution in [0.3, 0.4) is 0 Å². The highest BCUT2D eigenvalue weighted by molar-refractivity contribution is 6.11. The van der Waals surface area contributed by atoms with Crippen LogP contribution in [0.2, 0.25) is 0 Å². The molecule has 26 heavy (non-hydrogen) atoms. The molecule has 0 spiro atoms. The van der Waals surface area contributed by atoms with Crippen LogP contribution in [0.25, 0.3) is 0 Å². The van der Waals surface area contributed by atoms with E-state index in [1.165, 1.54) is 0 Å². The van der Waals surface area contributed by atoms with Crippen LogP contribution in [-0.4, -0.2) is 29.8 Å². The zero-order valence-corrected chi connectivity index (χ0v) is 13.8. The zero-order chi connectivity index (χ0) is 18.4. The number of nitrogens with two attached hydrogens (primary N) is 1. The summed E-state index contributed by atoms with van der Waals surface area (Å²) in [6.45, 7) is 0. The topological polar surface area (TPSA) is 121 Å². The standard InChI is InChI=1S/C18H18N6O2/c19-17(21-13-9-5-2-6-10-13)24-18-22-14(16(26)23-18)11-15(25)20-12-7-3-1-4-8-12/h1-10,14H,11H2,(H,20,25)(H4,19,21,22,23,24,26)/t14-/m1/s1. The van der Waals surface area contributed by atoms with E-state index in [0.29, 0.717) is 5.69 Å². The molecule has 0 unspecified atom stereocenters. The molecule has 8 heteroatoms. The minimum absolute atomic E-state index is 0.0773. The number of anilines is 2. The third kappa shape index (κ3) is 4.67. The van der Waals surface area contributed by atoms with Crippen molar-refractivity contribution in [3.8, 4) is 0 Å². The highest BCUT2D eigenvalue weighted by Crippen LogP contribution is 2.10. The van der Waals surface area contributed by atoms with Crippen LogP contribution in [-0.2, 0) is 9.59 Å². The van der Waals surface area contributed by atoms with E-state index in [4.69, 9.17) is 5.73 Å². The molecule has 0 aromatic heterocycles. The Morgan fingerprint density at radius 2 is 1.62 bits per heavy atom. The van der Waals surface area contributed by atoms with Gasteiger partial charge in [-0.3, -0.25) is 14.9 Å². The van der Waals surface area contributed by atoms with Gasteiger partial charge in [-0.25, -0.2) is 4.99 Å². The van der Waals surface area contributed by atoms with Crippen molar-refractivity contribution in [3.63, 3.8) is 0 Å². The normalized spacial score (nSPS) is 16.6. The van der Waals surface area contributed by atoms with Gasteiger partial charge >= 0.3 is 0 Å². The summed E-state index contributed by atoms with van der Waals surface area (Å²) in [6.07, 6.45) is -0.0776. The summed E-state index contributed by atoms with van der Waals surface area (Å²) in [5.74, 6) is -0.529. The minimum Gasteiger partial charge on any atom is -0.369 e. The summed E-state index contributed by atoms with van der Waals surface area (Å²) in [7, 11) is 0. The predicted molar refractivity (Wildman–Crippen MR) is 101 cm³/mol. The van der Waals surface area contributed by atoms with Crippen LogP contribution < -0.4 is 21.7 Å². The first-order valence-electron chi connectivity index (χ1n) is 8.00. The van der Waals surface area contributed by atoms with Gasteiger partial charge in [0.2, 0.25) is 17.8 Å². The number of guanidine groups is 2. The van der Waals surface area contributed by atoms with Gasteiger partial charge < -0.3 is 16.4 Å². The summed E-state index contributed by atoms with van der Waals surface area (Å²) < 4.78 is 0. The van der Waals surface area contributed by atoms with Crippen molar-refractivity contribution in [2.24, 2.45) is 15.7 Å². The molecule has 2 aromatic rings. The van der Waals surface area contributed by atoms with Crippen molar-refractivity contribution < 1.29 is 9.59 Å². The fraction of sp³-hybridized carbons (Fsp3) is 0.111. The fourth-order valence-electron chi connectivity index (χ4n) is 2.35. The molecule has 0 fully saturated rings. The van der Waals surface area contributed by atoms with Gasteiger partial charge in [-0.2, -0.15) is 4.99 Å². The molecule has 8 nitrogen and oxygen atoms in total. The lowest BCUT2D eigenvalue weighted by Gasteiger charge is -2.06. The predicted octanol–water partition coefficient (Wildman–Crippen LogP) is 1.30. The SMILES string of the molecule is NC(=NC1=N[C@H](CC(=O)Nc2ccccc2)C(=O)N1)Nc1ccccc1. The molecule has 0 bridgehead atoms. The largest absolute Gasteiger partial charge is 0.369 e. The van der Waals surface area contributed by atoms with Gasteiger partial charge in [-0.1, -0.05) is 36.4 Å². The molecule has 0 saturated heterocycles. The summed E-state index contributed by atoms with van der Waals surface area (Å²) in [5.41, 5.74) is 7.23. The zero-order valence-electron chi connectivity index (χ0n) is 13.8. The average molecular weight is 350 g/mol. The second-order valence-corrected chi connectivity index (χ2v) is 5.56. The Balaban J connectivity index is 1.59. The van der Waals surface area contributed by atoms with Crippen LogP contribution in [0.4, 0.5) is 11.4 Å². The molecule has 1 aliphatic rings. The molecule has 132 valence electrons. The molecule has 2 aromatic carbocycles. The average Bonchev–Trinajstić information content (AvgIpc) is 2.95. The maximum Gasteiger partial charge on any atom is 0.252 e. The Kier molecular flexibility index (Phi) is 5.23. The van der Waals surface area contributed by atoms with Gasteiger partial charge in [0.25, 0.3) is 5.91 Å². The highest BCUT2D eigenvalue weighted by Gasteiger charge is 2.28. The molecular formula is C18H18N6O2. The number of hydrogen-bond acceptors (Lipinski definition) is 4. The summed E-state index contributed by atoms with van der Waals surface area (Å²) in [4.78, 5) is 32.2. The third-order valence-electron chi connectivity index (χ3n) is 3.52. The van der Waals surface area contributed by atoms with E-state index in [1.54, 1.807) is 12.1 Å². The van der Waals surface area contributed by atoms with Crippen molar-refractivity contribution in [2.45, 2.75) is 12.5 Å². The molecular weight excluding hydrogens is 332 g/mol. The molecule has 5 N–H and O–H groups in total. The number of hydrogen-bond donors (Lipinski definition) is 4. The maximum absolute atomic E-state index is 12.1. The lowest BCUT2D eigenvalue weighted by Crippen LogP contribution is -2.32. The maximum atomic E-state index is 12.1. The van der Waals surface area contributed by atoms with Crippen molar-refractivity contribution in [3.05, 3.63) is 60.7 Å². The molecule has 1 aliphatic heterocycles. The van der Waals surface area contributed by atoms with Crippen LogP contribution in [0.1, 0.15) is 6.42 Å².